The Balaban J connectivity index is 1.71. The number of piperidine rings is 1. The van der Waals surface area contributed by atoms with Crippen LogP contribution in [-0.2, 0) is 0 Å². The predicted molar refractivity (Wildman–Crippen MR) is 99.4 cm³/mol. The van der Waals surface area contributed by atoms with Crippen molar-refractivity contribution in [3.05, 3.63) is 59.4 Å². The highest BCUT2D eigenvalue weighted by Crippen LogP contribution is 2.26. The second kappa shape index (κ2) is 6.97. The van der Waals surface area contributed by atoms with E-state index in [-0.39, 0.29) is 11.9 Å². The lowest BCUT2D eigenvalue weighted by Gasteiger charge is -2.29. The Morgan fingerprint density at radius 1 is 1.19 bits per heavy atom. The number of amides is 1. The van der Waals surface area contributed by atoms with Crippen molar-refractivity contribution in [1.29, 1.82) is 0 Å². The van der Waals surface area contributed by atoms with E-state index in [1.165, 1.54) is 0 Å². The highest BCUT2D eigenvalue weighted by molar-refractivity contribution is 6.30. The summed E-state index contributed by atoms with van der Waals surface area (Å²) >= 11 is 5.99. The van der Waals surface area contributed by atoms with Crippen molar-refractivity contribution in [3.8, 4) is 17.1 Å². The number of benzene rings is 1. The fourth-order valence-electron chi connectivity index (χ4n) is 3.13. The molecular weight excluding hydrogens is 352 g/mol. The van der Waals surface area contributed by atoms with E-state index in [1.54, 1.807) is 29.1 Å². The summed E-state index contributed by atoms with van der Waals surface area (Å²) in [5.41, 5.74) is 7.85. The number of carbonyl (C=O) groups excluding carboxylic acids is 1. The fraction of sp³-hybridized carbons (Fsp3) is 0.263. The number of furan rings is 1. The van der Waals surface area contributed by atoms with Crippen LogP contribution in [0.3, 0.4) is 0 Å². The van der Waals surface area contributed by atoms with E-state index in [0.717, 1.165) is 24.2 Å². The average molecular weight is 371 g/mol. The first-order chi connectivity index (χ1) is 12.6. The van der Waals surface area contributed by atoms with Gasteiger partial charge in [0, 0.05) is 30.2 Å². The first-order valence-corrected chi connectivity index (χ1v) is 8.94. The van der Waals surface area contributed by atoms with Gasteiger partial charge in [0.15, 0.2) is 11.5 Å². The van der Waals surface area contributed by atoms with Crippen molar-refractivity contribution in [2.75, 3.05) is 13.1 Å². The van der Waals surface area contributed by atoms with Gasteiger partial charge in [-0.25, -0.2) is 4.68 Å². The van der Waals surface area contributed by atoms with Crippen LogP contribution in [0.2, 0.25) is 5.02 Å². The molecule has 2 aromatic heterocycles. The molecule has 3 heterocycles. The van der Waals surface area contributed by atoms with Gasteiger partial charge in [-0.2, -0.15) is 5.10 Å². The molecule has 0 radical (unpaired) electrons. The number of halogens is 1. The molecule has 1 saturated heterocycles. The molecule has 26 heavy (non-hydrogen) atoms. The minimum atomic E-state index is -0.0857. The summed E-state index contributed by atoms with van der Waals surface area (Å²) in [6.07, 6.45) is 3.23. The summed E-state index contributed by atoms with van der Waals surface area (Å²) in [6.45, 7) is 1.31. The largest absolute Gasteiger partial charge is 0.463 e. The summed E-state index contributed by atoms with van der Waals surface area (Å²) in [5, 5.41) is 5.19. The molecule has 0 bridgehead atoms. The van der Waals surface area contributed by atoms with E-state index in [9.17, 15) is 4.79 Å². The van der Waals surface area contributed by atoms with E-state index in [1.807, 2.05) is 29.2 Å². The number of likely N-dealkylation sites (tertiary alicyclic amines) is 1. The van der Waals surface area contributed by atoms with Gasteiger partial charge in [-0.15, -0.1) is 0 Å². The lowest BCUT2D eigenvalue weighted by molar-refractivity contribution is 0.0708. The van der Waals surface area contributed by atoms with Gasteiger partial charge < -0.3 is 15.1 Å². The Morgan fingerprint density at radius 2 is 1.92 bits per heavy atom. The van der Waals surface area contributed by atoms with Crippen molar-refractivity contribution in [2.45, 2.75) is 18.9 Å². The number of nitrogens with two attached hydrogens (primary N) is 1. The van der Waals surface area contributed by atoms with Crippen LogP contribution in [0.25, 0.3) is 17.1 Å². The van der Waals surface area contributed by atoms with Gasteiger partial charge in [-0.1, -0.05) is 11.6 Å². The zero-order chi connectivity index (χ0) is 18.1. The molecule has 3 aromatic rings. The molecule has 1 aliphatic rings. The highest BCUT2D eigenvalue weighted by atomic mass is 35.5. The summed E-state index contributed by atoms with van der Waals surface area (Å²) in [5.74, 6) is 0.560. The molecule has 0 atom stereocenters. The number of nitrogens with zero attached hydrogens (tertiary/aromatic N) is 3. The molecule has 0 unspecified atom stereocenters. The SMILES string of the molecule is NC1CCN(C(=O)c2cc(-c3ccco3)n(-c3ccc(Cl)cc3)n2)CC1. The molecule has 4 rings (SSSR count). The lowest BCUT2D eigenvalue weighted by atomic mass is 10.1. The van der Waals surface area contributed by atoms with E-state index >= 15 is 0 Å². The molecule has 1 fully saturated rings. The number of hydrogen-bond donors (Lipinski definition) is 1. The average Bonchev–Trinajstić information content (AvgIpc) is 3.32. The Labute approximate surface area is 156 Å². The number of hydrogen-bond acceptors (Lipinski definition) is 4. The van der Waals surface area contributed by atoms with Crippen molar-refractivity contribution in [1.82, 2.24) is 14.7 Å². The van der Waals surface area contributed by atoms with Gasteiger partial charge in [0.1, 0.15) is 5.69 Å². The molecule has 134 valence electrons. The fourth-order valence-corrected chi connectivity index (χ4v) is 3.26. The van der Waals surface area contributed by atoms with E-state index < -0.39 is 0 Å². The quantitative estimate of drug-likeness (QED) is 0.767. The van der Waals surface area contributed by atoms with Crippen LogP contribution < -0.4 is 5.73 Å². The Hall–Kier alpha value is -2.57. The van der Waals surface area contributed by atoms with Crippen LogP contribution in [-0.4, -0.2) is 39.7 Å². The third-order valence-corrected chi connectivity index (χ3v) is 4.85. The maximum absolute atomic E-state index is 12.9. The summed E-state index contributed by atoms with van der Waals surface area (Å²) < 4.78 is 7.24. The Bertz CT molecular complexity index is 894. The molecule has 0 spiro atoms. The van der Waals surface area contributed by atoms with Crippen molar-refractivity contribution in [3.63, 3.8) is 0 Å². The maximum Gasteiger partial charge on any atom is 0.274 e. The lowest BCUT2D eigenvalue weighted by Crippen LogP contribution is -2.43. The van der Waals surface area contributed by atoms with Crippen LogP contribution in [0.5, 0.6) is 0 Å². The third kappa shape index (κ3) is 3.25. The Morgan fingerprint density at radius 3 is 2.58 bits per heavy atom. The van der Waals surface area contributed by atoms with Crippen LogP contribution in [0.15, 0.2) is 53.1 Å². The summed E-state index contributed by atoms with van der Waals surface area (Å²) in [7, 11) is 0. The van der Waals surface area contributed by atoms with Gasteiger partial charge in [0.25, 0.3) is 5.91 Å². The maximum atomic E-state index is 12.9. The predicted octanol–water partition coefficient (Wildman–Crippen LogP) is 3.35. The zero-order valence-corrected chi connectivity index (χ0v) is 14.9. The molecule has 0 saturated carbocycles. The Kier molecular flexibility index (Phi) is 4.53. The second-order valence-electron chi connectivity index (χ2n) is 6.41. The molecule has 7 heteroatoms. The first kappa shape index (κ1) is 16.9. The standard InChI is InChI=1S/C19H19ClN4O2/c20-13-3-5-15(6-4-13)24-17(18-2-1-11-26-18)12-16(22-24)19(25)23-9-7-14(21)8-10-23/h1-6,11-12,14H,7-10,21H2. The molecule has 1 aromatic carbocycles. The van der Waals surface area contributed by atoms with Gasteiger partial charge >= 0.3 is 0 Å². The second-order valence-corrected chi connectivity index (χ2v) is 6.85. The summed E-state index contributed by atoms with van der Waals surface area (Å²) in [6, 6.07) is 12.9. The molecule has 1 aliphatic heterocycles. The molecule has 2 N–H and O–H groups in total. The third-order valence-electron chi connectivity index (χ3n) is 4.60. The molecule has 6 nitrogen and oxygen atoms in total. The highest BCUT2D eigenvalue weighted by Gasteiger charge is 2.25. The summed E-state index contributed by atoms with van der Waals surface area (Å²) in [4.78, 5) is 14.7. The van der Waals surface area contributed by atoms with E-state index in [4.69, 9.17) is 21.8 Å². The minimum absolute atomic E-state index is 0.0857. The smallest absolute Gasteiger partial charge is 0.274 e. The molecule has 0 aliphatic carbocycles. The number of aromatic nitrogens is 2. The normalized spacial score (nSPS) is 15.4. The van der Waals surface area contributed by atoms with Crippen molar-refractivity contribution in [2.24, 2.45) is 5.73 Å². The first-order valence-electron chi connectivity index (χ1n) is 8.56. The van der Waals surface area contributed by atoms with Crippen LogP contribution in [0, 0.1) is 0 Å². The van der Waals surface area contributed by atoms with Crippen molar-refractivity contribution >= 4 is 17.5 Å². The van der Waals surface area contributed by atoms with Crippen LogP contribution >= 0.6 is 11.6 Å². The van der Waals surface area contributed by atoms with Gasteiger partial charge in [-0.3, -0.25) is 4.79 Å². The van der Waals surface area contributed by atoms with Crippen LogP contribution in [0.4, 0.5) is 0 Å². The van der Waals surface area contributed by atoms with Crippen LogP contribution in [0.1, 0.15) is 23.3 Å². The zero-order valence-electron chi connectivity index (χ0n) is 14.1. The van der Waals surface area contributed by atoms with E-state index in [2.05, 4.69) is 5.10 Å². The van der Waals surface area contributed by atoms with E-state index in [0.29, 0.717) is 29.6 Å². The number of carbonyl (C=O) groups is 1. The minimum Gasteiger partial charge on any atom is -0.463 e. The topological polar surface area (TPSA) is 77.3 Å². The monoisotopic (exact) mass is 370 g/mol. The van der Waals surface area contributed by atoms with Gasteiger partial charge in [-0.05, 0) is 49.2 Å². The van der Waals surface area contributed by atoms with Gasteiger partial charge in [0.2, 0.25) is 0 Å². The number of rotatable bonds is 3. The van der Waals surface area contributed by atoms with Gasteiger partial charge in [0.05, 0.1) is 12.0 Å². The molecular formula is C19H19ClN4O2. The van der Waals surface area contributed by atoms with Crippen molar-refractivity contribution < 1.29 is 9.21 Å². The molecule has 1 amide bonds.